The van der Waals surface area contributed by atoms with Crippen LogP contribution in [0.4, 0.5) is 10.5 Å². The predicted molar refractivity (Wildman–Crippen MR) is 125 cm³/mol. The topological polar surface area (TPSA) is 125 Å². The van der Waals surface area contributed by atoms with Gasteiger partial charge in [-0.1, -0.05) is 12.1 Å². The number of carbonyl (C=O) groups is 2. The molecule has 0 aliphatic carbocycles. The number of carbonyl (C=O) groups excluding carboxylic acids is 2. The first kappa shape index (κ1) is 22.3. The van der Waals surface area contributed by atoms with E-state index in [1.54, 1.807) is 41.9 Å². The van der Waals surface area contributed by atoms with E-state index in [9.17, 15) is 9.59 Å². The number of pyridine rings is 1. The van der Waals surface area contributed by atoms with Crippen molar-refractivity contribution in [3.8, 4) is 23.0 Å². The molecular formula is C23H23N7O5. The second kappa shape index (κ2) is 9.43. The number of amides is 2. The highest BCUT2D eigenvalue weighted by Crippen LogP contribution is 2.23. The maximum Gasteiger partial charge on any atom is 0.418 e. The first-order chi connectivity index (χ1) is 17.0. The molecule has 2 amide bonds. The van der Waals surface area contributed by atoms with E-state index in [0.29, 0.717) is 49.2 Å². The largest absolute Gasteiger partial charge is 0.497 e. The van der Waals surface area contributed by atoms with Gasteiger partial charge in [-0.25, -0.2) is 19.0 Å². The second-order valence-electron chi connectivity index (χ2n) is 7.79. The quantitative estimate of drug-likeness (QED) is 0.464. The van der Waals surface area contributed by atoms with E-state index in [1.165, 1.54) is 10.9 Å². The molecule has 180 valence electrons. The van der Waals surface area contributed by atoms with Crippen molar-refractivity contribution in [1.82, 2.24) is 29.3 Å². The van der Waals surface area contributed by atoms with Crippen molar-refractivity contribution in [2.75, 3.05) is 38.7 Å². The molecule has 3 aromatic heterocycles. The van der Waals surface area contributed by atoms with E-state index < -0.39 is 6.09 Å². The lowest BCUT2D eigenvalue weighted by Crippen LogP contribution is -2.40. The molecule has 0 saturated carbocycles. The van der Waals surface area contributed by atoms with Crippen molar-refractivity contribution in [2.45, 2.75) is 0 Å². The molecule has 1 saturated heterocycles. The van der Waals surface area contributed by atoms with Crippen LogP contribution in [0.2, 0.25) is 0 Å². The molecule has 1 aliphatic rings. The van der Waals surface area contributed by atoms with Gasteiger partial charge in [-0.3, -0.25) is 10.1 Å². The third kappa shape index (κ3) is 4.64. The van der Waals surface area contributed by atoms with E-state index >= 15 is 0 Å². The van der Waals surface area contributed by atoms with Crippen LogP contribution < -0.4 is 14.8 Å². The molecule has 12 heteroatoms. The maximum absolute atomic E-state index is 12.9. The van der Waals surface area contributed by atoms with Crippen molar-refractivity contribution in [3.63, 3.8) is 0 Å². The first-order valence-electron chi connectivity index (χ1n) is 10.9. The van der Waals surface area contributed by atoms with Crippen LogP contribution in [-0.4, -0.2) is 74.7 Å². The smallest absolute Gasteiger partial charge is 0.418 e. The van der Waals surface area contributed by atoms with Crippen molar-refractivity contribution < 1.29 is 23.8 Å². The Morgan fingerprint density at radius 1 is 1.14 bits per heavy atom. The number of rotatable bonds is 5. The first-order valence-corrected chi connectivity index (χ1v) is 10.9. The van der Waals surface area contributed by atoms with Crippen LogP contribution in [0.1, 0.15) is 10.4 Å². The lowest BCUT2D eigenvalue weighted by atomic mass is 10.2. The number of methoxy groups -OCH3 is 1. The fourth-order valence-corrected chi connectivity index (χ4v) is 3.71. The van der Waals surface area contributed by atoms with Crippen molar-refractivity contribution in [2.24, 2.45) is 7.05 Å². The van der Waals surface area contributed by atoms with Gasteiger partial charge in [0.25, 0.3) is 5.91 Å². The number of hydrogen-bond acceptors (Lipinski definition) is 8. The minimum atomic E-state index is -0.762. The Labute approximate surface area is 200 Å². The number of anilines is 1. The average molecular weight is 477 g/mol. The number of nitrogens with zero attached hydrogens (tertiary/aromatic N) is 6. The molecular weight excluding hydrogens is 454 g/mol. The zero-order valence-corrected chi connectivity index (χ0v) is 19.2. The summed E-state index contributed by atoms with van der Waals surface area (Å²) in [6.45, 7) is 1.87. The van der Waals surface area contributed by atoms with Crippen LogP contribution in [-0.2, 0) is 11.8 Å². The SMILES string of the molecule is COc1cccc(-c2nc3cc(NC(=O)Oc4c(C(=O)N5CCOCC5)cnn4C)ccn3n2)c1. The van der Waals surface area contributed by atoms with E-state index in [1.807, 2.05) is 24.3 Å². The van der Waals surface area contributed by atoms with E-state index in [2.05, 4.69) is 20.5 Å². The predicted octanol–water partition coefficient (Wildman–Crippen LogP) is 2.22. The van der Waals surface area contributed by atoms with Crippen LogP contribution in [0.3, 0.4) is 0 Å². The summed E-state index contributed by atoms with van der Waals surface area (Å²) < 4.78 is 19.0. The Kier molecular flexibility index (Phi) is 6.02. The fraction of sp³-hybridized carbons (Fsp3) is 0.261. The summed E-state index contributed by atoms with van der Waals surface area (Å²) in [4.78, 5) is 31.7. The summed E-state index contributed by atoms with van der Waals surface area (Å²) in [7, 11) is 3.20. The number of morpholine rings is 1. The molecule has 0 spiro atoms. The van der Waals surface area contributed by atoms with Crippen molar-refractivity contribution >= 4 is 23.3 Å². The van der Waals surface area contributed by atoms with Gasteiger partial charge in [0.1, 0.15) is 11.3 Å². The van der Waals surface area contributed by atoms with Gasteiger partial charge >= 0.3 is 6.09 Å². The third-order valence-electron chi connectivity index (χ3n) is 5.51. The average Bonchev–Trinajstić information content (AvgIpc) is 3.47. The van der Waals surface area contributed by atoms with Crippen molar-refractivity contribution in [3.05, 3.63) is 54.4 Å². The highest BCUT2D eigenvalue weighted by Gasteiger charge is 2.26. The molecule has 0 unspecified atom stereocenters. The Balaban J connectivity index is 1.31. The van der Waals surface area contributed by atoms with Crippen LogP contribution in [0.15, 0.2) is 48.8 Å². The van der Waals surface area contributed by atoms with Gasteiger partial charge < -0.3 is 19.1 Å². The Morgan fingerprint density at radius 3 is 2.77 bits per heavy atom. The Bertz CT molecular complexity index is 1390. The van der Waals surface area contributed by atoms with E-state index in [4.69, 9.17) is 14.2 Å². The molecule has 1 N–H and O–H groups in total. The minimum absolute atomic E-state index is 0.0582. The van der Waals surface area contributed by atoms with Gasteiger partial charge in [0.05, 0.1) is 26.5 Å². The van der Waals surface area contributed by atoms with Crippen LogP contribution in [0.5, 0.6) is 11.6 Å². The lowest BCUT2D eigenvalue weighted by Gasteiger charge is -2.26. The van der Waals surface area contributed by atoms with Gasteiger partial charge in [-0.2, -0.15) is 5.10 Å². The molecule has 1 fully saturated rings. The van der Waals surface area contributed by atoms with Gasteiger partial charge in [0.15, 0.2) is 11.5 Å². The minimum Gasteiger partial charge on any atom is -0.497 e. The molecule has 4 heterocycles. The number of nitrogens with one attached hydrogen (secondary N) is 1. The monoisotopic (exact) mass is 477 g/mol. The zero-order chi connectivity index (χ0) is 24.4. The van der Waals surface area contributed by atoms with Gasteiger partial charge in [-0.05, 0) is 18.2 Å². The maximum atomic E-state index is 12.9. The molecule has 1 aromatic carbocycles. The third-order valence-corrected chi connectivity index (χ3v) is 5.51. The summed E-state index contributed by atoms with van der Waals surface area (Å²) in [5.74, 6) is 1.01. The fourth-order valence-electron chi connectivity index (χ4n) is 3.71. The molecule has 12 nitrogen and oxygen atoms in total. The normalized spacial score (nSPS) is 13.6. The van der Waals surface area contributed by atoms with E-state index in [0.717, 1.165) is 5.56 Å². The summed E-state index contributed by atoms with van der Waals surface area (Å²) >= 11 is 0. The second-order valence-corrected chi connectivity index (χ2v) is 7.79. The molecule has 4 aromatic rings. The molecule has 35 heavy (non-hydrogen) atoms. The Morgan fingerprint density at radius 2 is 1.97 bits per heavy atom. The number of benzene rings is 1. The molecule has 5 rings (SSSR count). The van der Waals surface area contributed by atoms with Crippen LogP contribution >= 0.6 is 0 Å². The highest BCUT2D eigenvalue weighted by molar-refractivity contribution is 5.97. The Hall–Kier alpha value is -4.45. The molecule has 0 bridgehead atoms. The summed E-state index contributed by atoms with van der Waals surface area (Å²) in [5, 5.41) is 11.2. The van der Waals surface area contributed by atoms with Gasteiger partial charge in [0, 0.05) is 43.7 Å². The zero-order valence-electron chi connectivity index (χ0n) is 19.2. The number of hydrogen-bond donors (Lipinski definition) is 1. The number of ether oxygens (including phenoxy) is 3. The highest BCUT2D eigenvalue weighted by atomic mass is 16.6. The van der Waals surface area contributed by atoms with Crippen LogP contribution in [0, 0.1) is 0 Å². The summed E-state index contributed by atoms with van der Waals surface area (Å²) in [6, 6.07) is 10.8. The lowest BCUT2D eigenvalue weighted by molar-refractivity contribution is 0.0301. The summed E-state index contributed by atoms with van der Waals surface area (Å²) in [6.07, 6.45) is 2.31. The molecule has 0 atom stereocenters. The van der Waals surface area contributed by atoms with Gasteiger partial charge in [-0.15, -0.1) is 5.10 Å². The summed E-state index contributed by atoms with van der Waals surface area (Å²) in [5.41, 5.74) is 2.00. The van der Waals surface area contributed by atoms with Crippen LogP contribution in [0.25, 0.3) is 17.0 Å². The number of aromatic nitrogens is 5. The van der Waals surface area contributed by atoms with Gasteiger partial charge in [0.2, 0.25) is 5.88 Å². The van der Waals surface area contributed by atoms with E-state index in [-0.39, 0.29) is 17.4 Å². The molecule has 1 aliphatic heterocycles. The standard InChI is InChI=1S/C23H23N7O5/c1-28-22(18(14-24-28)21(31)29-8-10-34-11-9-29)35-23(32)25-16-6-7-30-19(13-16)26-20(27-30)15-4-3-5-17(12-15)33-2/h3-7,12-14H,8-11H2,1-2H3,(H,25,32). The molecule has 0 radical (unpaired) electrons. The van der Waals surface area contributed by atoms with Crippen molar-refractivity contribution in [1.29, 1.82) is 0 Å². The number of aryl methyl sites for hydroxylation is 1. The number of fused-ring (bicyclic) bond motifs is 1.